The third kappa shape index (κ3) is 3.42. The van der Waals surface area contributed by atoms with Gasteiger partial charge >= 0.3 is 0 Å². The Morgan fingerprint density at radius 2 is 2.32 bits per heavy atom. The third-order valence-electron chi connectivity index (χ3n) is 4.25. The van der Waals surface area contributed by atoms with Crippen LogP contribution in [0.15, 0.2) is 35.8 Å². The average Bonchev–Trinajstić information content (AvgIpc) is 3.19. The summed E-state index contributed by atoms with van der Waals surface area (Å²) in [6.45, 7) is 3.51. The van der Waals surface area contributed by atoms with Gasteiger partial charge in [0.25, 0.3) is 5.91 Å². The second-order valence-corrected chi connectivity index (χ2v) is 6.95. The molecule has 4 nitrogen and oxygen atoms in total. The number of hydrogen-bond acceptors (Lipinski definition) is 3. The molecule has 1 aliphatic heterocycles. The molecule has 0 aromatic carbocycles. The SMILES string of the molecule is CNC[C@H]1CCCN(C(=O)c2cccn2Cc2cccs2)C1. The van der Waals surface area contributed by atoms with E-state index in [1.807, 2.05) is 30.3 Å². The molecule has 118 valence electrons. The second-order valence-electron chi connectivity index (χ2n) is 5.92. The van der Waals surface area contributed by atoms with Crippen LogP contribution in [0, 0.1) is 5.92 Å². The minimum Gasteiger partial charge on any atom is -0.338 e. The van der Waals surface area contributed by atoms with Crippen molar-refractivity contribution in [3.8, 4) is 0 Å². The van der Waals surface area contributed by atoms with Crippen LogP contribution < -0.4 is 5.32 Å². The zero-order valence-electron chi connectivity index (χ0n) is 13.0. The summed E-state index contributed by atoms with van der Waals surface area (Å²) in [5.74, 6) is 0.741. The summed E-state index contributed by atoms with van der Waals surface area (Å²) in [5, 5.41) is 5.31. The lowest BCUT2D eigenvalue weighted by Gasteiger charge is -2.33. The first-order valence-electron chi connectivity index (χ1n) is 7.89. The van der Waals surface area contributed by atoms with E-state index >= 15 is 0 Å². The molecule has 1 saturated heterocycles. The minimum atomic E-state index is 0.169. The van der Waals surface area contributed by atoms with Crippen molar-refractivity contribution in [2.75, 3.05) is 26.7 Å². The van der Waals surface area contributed by atoms with Gasteiger partial charge in [-0.3, -0.25) is 4.79 Å². The fourth-order valence-electron chi connectivity index (χ4n) is 3.18. The van der Waals surface area contributed by atoms with Crippen molar-refractivity contribution in [2.24, 2.45) is 5.92 Å². The Kier molecular flexibility index (Phi) is 4.95. The Balaban J connectivity index is 1.71. The van der Waals surface area contributed by atoms with Crippen LogP contribution in [0.1, 0.15) is 28.2 Å². The van der Waals surface area contributed by atoms with Crippen LogP contribution in [-0.4, -0.2) is 42.1 Å². The van der Waals surface area contributed by atoms with Crippen LogP contribution in [0.4, 0.5) is 0 Å². The summed E-state index contributed by atoms with van der Waals surface area (Å²) in [6, 6.07) is 8.08. The number of nitrogens with zero attached hydrogens (tertiary/aromatic N) is 2. The Labute approximate surface area is 135 Å². The molecule has 0 bridgehead atoms. The van der Waals surface area contributed by atoms with Crippen molar-refractivity contribution in [2.45, 2.75) is 19.4 Å². The lowest BCUT2D eigenvalue weighted by atomic mass is 9.98. The van der Waals surface area contributed by atoms with Crippen LogP contribution in [0.2, 0.25) is 0 Å². The molecule has 1 atom stereocenters. The van der Waals surface area contributed by atoms with Gasteiger partial charge in [-0.15, -0.1) is 11.3 Å². The maximum Gasteiger partial charge on any atom is 0.270 e. The molecule has 0 unspecified atom stereocenters. The molecule has 3 rings (SSSR count). The summed E-state index contributed by atoms with van der Waals surface area (Å²) >= 11 is 1.73. The fourth-order valence-corrected chi connectivity index (χ4v) is 3.89. The molecule has 5 heteroatoms. The molecule has 0 saturated carbocycles. The van der Waals surface area contributed by atoms with Gasteiger partial charge in [0.1, 0.15) is 5.69 Å². The molecule has 1 aliphatic rings. The molecule has 2 aromatic heterocycles. The fraction of sp³-hybridized carbons (Fsp3) is 0.471. The standard InChI is InChI=1S/C17H23N3OS/c1-18-11-14-5-2-9-20(12-14)17(21)16-7-3-8-19(16)13-15-6-4-10-22-15/h3-4,6-8,10,14,18H,2,5,9,11-13H2,1H3/t14-/m1/s1. The van der Waals surface area contributed by atoms with Crippen molar-refractivity contribution in [3.05, 3.63) is 46.4 Å². The van der Waals surface area contributed by atoms with Gasteiger partial charge in [0.15, 0.2) is 0 Å². The molecule has 0 spiro atoms. The van der Waals surface area contributed by atoms with Crippen molar-refractivity contribution in [1.82, 2.24) is 14.8 Å². The van der Waals surface area contributed by atoms with Crippen molar-refractivity contribution >= 4 is 17.2 Å². The Bertz CT molecular complexity index is 603. The van der Waals surface area contributed by atoms with Gasteiger partial charge in [-0.05, 0) is 55.9 Å². The van der Waals surface area contributed by atoms with Gasteiger partial charge in [0.2, 0.25) is 0 Å². The van der Waals surface area contributed by atoms with Crippen molar-refractivity contribution in [1.29, 1.82) is 0 Å². The molecule has 1 N–H and O–H groups in total. The number of rotatable bonds is 5. The summed E-state index contributed by atoms with van der Waals surface area (Å²) in [7, 11) is 1.98. The van der Waals surface area contributed by atoms with Gasteiger partial charge in [-0.1, -0.05) is 6.07 Å². The molecule has 2 aromatic rings. The number of piperidine rings is 1. The van der Waals surface area contributed by atoms with Gasteiger partial charge in [0, 0.05) is 24.2 Å². The number of carbonyl (C=O) groups is 1. The zero-order chi connectivity index (χ0) is 15.4. The topological polar surface area (TPSA) is 37.3 Å². The molecular weight excluding hydrogens is 294 g/mol. The van der Waals surface area contributed by atoms with E-state index in [0.29, 0.717) is 5.92 Å². The zero-order valence-corrected chi connectivity index (χ0v) is 13.8. The highest BCUT2D eigenvalue weighted by Gasteiger charge is 2.25. The predicted octanol–water partition coefficient (Wildman–Crippen LogP) is 2.67. The Morgan fingerprint density at radius 3 is 3.09 bits per heavy atom. The van der Waals surface area contributed by atoms with Crippen LogP contribution >= 0.6 is 11.3 Å². The van der Waals surface area contributed by atoms with Crippen LogP contribution in [0.3, 0.4) is 0 Å². The van der Waals surface area contributed by atoms with E-state index in [1.165, 1.54) is 11.3 Å². The van der Waals surface area contributed by atoms with E-state index in [9.17, 15) is 4.79 Å². The first-order valence-corrected chi connectivity index (χ1v) is 8.77. The Hall–Kier alpha value is -1.59. The number of likely N-dealkylation sites (tertiary alicyclic amines) is 1. The molecule has 1 amide bonds. The smallest absolute Gasteiger partial charge is 0.270 e. The van der Waals surface area contributed by atoms with Gasteiger partial charge < -0.3 is 14.8 Å². The normalized spacial score (nSPS) is 18.6. The maximum atomic E-state index is 12.8. The van der Waals surface area contributed by atoms with E-state index in [2.05, 4.69) is 27.4 Å². The van der Waals surface area contributed by atoms with E-state index in [1.54, 1.807) is 11.3 Å². The van der Waals surface area contributed by atoms with E-state index in [4.69, 9.17) is 0 Å². The van der Waals surface area contributed by atoms with Gasteiger partial charge in [-0.2, -0.15) is 0 Å². The number of aromatic nitrogens is 1. The first kappa shape index (κ1) is 15.3. The van der Waals surface area contributed by atoms with E-state index < -0.39 is 0 Å². The van der Waals surface area contributed by atoms with Crippen LogP contribution in [0.5, 0.6) is 0 Å². The summed E-state index contributed by atoms with van der Waals surface area (Å²) in [4.78, 5) is 16.1. The summed E-state index contributed by atoms with van der Waals surface area (Å²) < 4.78 is 2.07. The Morgan fingerprint density at radius 1 is 1.41 bits per heavy atom. The molecule has 0 aliphatic carbocycles. The predicted molar refractivity (Wildman–Crippen MR) is 90.4 cm³/mol. The molecule has 3 heterocycles. The molecular formula is C17H23N3OS. The number of hydrogen-bond donors (Lipinski definition) is 1. The minimum absolute atomic E-state index is 0.169. The first-order chi connectivity index (χ1) is 10.8. The number of carbonyl (C=O) groups excluding carboxylic acids is 1. The van der Waals surface area contributed by atoms with Crippen LogP contribution in [0.25, 0.3) is 0 Å². The van der Waals surface area contributed by atoms with Gasteiger partial charge in [-0.25, -0.2) is 0 Å². The highest BCUT2D eigenvalue weighted by Crippen LogP contribution is 2.19. The molecule has 22 heavy (non-hydrogen) atoms. The van der Waals surface area contributed by atoms with Crippen molar-refractivity contribution in [3.63, 3.8) is 0 Å². The molecule has 1 fully saturated rings. The monoisotopic (exact) mass is 317 g/mol. The third-order valence-corrected chi connectivity index (χ3v) is 5.12. The van der Waals surface area contributed by atoms with E-state index in [-0.39, 0.29) is 5.91 Å². The number of thiophene rings is 1. The van der Waals surface area contributed by atoms with Crippen LogP contribution in [-0.2, 0) is 6.54 Å². The lowest BCUT2D eigenvalue weighted by Crippen LogP contribution is -2.43. The maximum absolute atomic E-state index is 12.8. The average molecular weight is 317 g/mol. The summed E-state index contributed by atoms with van der Waals surface area (Å²) in [5.41, 5.74) is 0.804. The number of amides is 1. The highest BCUT2D eigenvalue weighted by molar-refractivity contribution is 7.09. The van der Waals surface area contributed by atoms with E-state index in [0.717, 1.165) is 38.3 Å². The quantitative estimate of drug-likeness (QED) is 0.920. The van der Waals surface area contributed by atoms with Crippen molar-refractivity contribution < 1.29 is 4.79 Å². The molecule has 0 radical (unpaired) electrons. The summed E-state index contributed by atoms with van der Waals surface area (Å²) in [6.07, 6.45) is 4.31. The highest BCUT2D eigenvalue weighted by atomic mass is 32.1. The largest absolute Gasteiger partial charge is 0.338 e. The number of nitrogens with one attached hydrogen (secondary N) is 1. The lowest BCUT2D eigenvalue weighted by molar-refractivity contribution is 0.0664. The van der Waals surface area contributed by atoms with Gasteiger partial charge in [0.05, 0.1) is 6.54 Å². The second kappa shape index (κ2) is 7.11.